The van der Waals surface area contributed by atoms with Crippen molar-refractivity contribution in [2.24, 2.45) is 5.92 Å². The van der Waals surface area contributed by atoms with E-state index in [9.17, 15) is 15.3 Å². The summed E-state index contributed by atoms with van der Waals surface area (Å²) in [6, 6.07) is 0. The molecule has 0 aromatic carbocycles. The second-order valence-electron chi connectivity index (χ2n) is 4.12. The molecule has 0 aliphatic heterocycles. The fraction of sp³-hybridized carbons (Fsp3) is 1.00. The minimum Gasteiger partial charge on any atom is -0.396 e. The Hall–Kier alpha value is -0.200. The van der Waals surface area contributed by atoms with E-state index in [-0.39, 0.29) is 12.5 Å². The van der Waals surface area contributed by atoms with E-state index in [1.807, 2.05) is 0 Å². The van der Waals surface area contributed by atoms with Crippen LogP contribution in [0.25, 0.3) is 0 Å². The zero-order chi connectivity index (χ0) is 11.4. The van der Waals surface area contributed by atoms with Crippen molar-refractivity contribution in [3.05, 3.63) is 0 Å². The largest absolute Gasteiger partial charge is 0.396 e. The molecule has 5 nitrogen and oxygen atoms in total. The summed E-state index contributed by atoms with van der Waals surface area (Å²) < 4.78 is 5.04. The molecule has 0 saturated heterocycles. The minimum atomic E-state index is -1.26. The van der Waals surface area contributed by atoms with Gasteiger partial charge in [0, 0.05) is 19.6 Å². The SMILES string of the molecule is CO[C@@H]1CCC[C@@H](CO)[C@@H](O)[C@H](O)[C@H]1O. The average molecular weight is 220 g/mol. The molecule has 0 radical (unpaired) electrons. The van der Waals surface area contributed by atoms with Crippen LogP contribution >= 0.6 is 0 Å². The van der Waals surface area contributed by atoms with Crippen LogP contribution in [0.1, 0.15) is 19.3 Å². The molecule has 0 aromatic rings. The van der Waals surface area contributed by atoms with Gasteiger partial charge in [-0.2, -0.15) is 0 Å². The predicted molar refractivity (Wildman–Crippen MR) is 53.2 cm³/mol. The molecule has 1 aliphatic rings. The zero-order valence-electron chi connectivity index (χ0n) is 8.91. The molecule has 0 unspecified atom stereocenters. The van der Waals surface area contributed by atoms with Crippen molar-refractivity contribution in [2.75, 3.05) is 13.7 Å². The molecule has 15 heavy (non-hydrogen) atoms. The van der Waals surface area contributed by atoms with Crippen LogP contribution < -0.4 is 0 Å². The fourth-order valence-corrected chi connectivity index (χ4v) is 2.08. The van der Waals surface area contributed by atoms with E-state index in [0.717, 1.165) is 6.42 Å². The van der Waals surface area contributed by atoms with Gasteiger partial charge in [0.2, 0.25) is 0 Å². The van der Waals surface area contributed by atoms with Crippen molar-refractivity contribution in [2.45, 2.75) is 43.7 Å². The molecule has 0 bridgehead atoms. The molecule has 4 N–H and O–H groups in total. The fourth-order valence-electron chi connectivity index (χ4n) is 2.08. The highest BCUT2D eigenvalue weighted by Crippen LogP contribution is 2.24. The van der Waals surface area contributed by atoms with Crippen LogP contribution in [0.4, 0.5) is 0 Å². The number of rotatable bonds is 2. The molecule has 0 aromatic heterocycles. The van der Waals surface area contributed by atoms with Crippen molar-refractivity contribution in [1.29, 1.82) is 0 Å². The Morgan fingerprint density at radius 1 is 1.07 bits per heavy atom. The van der Waals surface area contributed by atoms with Gasteiger partial charge in [0.15, 0.2) is 0 Å². The molecule has 0 amide bonds. The first kappa shape index (κ1) is 12.9. The monoisotopic (exact) mass is 220 g/mol. The van der Waals surface area contributed by atoms with Gasteiger partial charge in [0.05, 0.1) is 12.2 Å². The first-order chi connectivity index (χ1) is 7.11. The summed E-state index contributed by atoms with van der Waals surface area (Å²) in [5.41, 5.74) is 0. The third kappa shape index (κ3) is 2.89. The van der Waals surface area contributed by atoms with E-state index in [1.165, 1.54) is 7.11 Å². The van der Waals surface area contributed by atoms with Gasteiger partial charge in [0.25, 0.3) is 0 Å². The first-order valence-electron chi connectivity index (χ1n) is 5.29. The maximum atomic E-state index is 9.71. The average Bonchev–Trinajstić information content (AvgIpc) is 2.26. The molecule has 0 heterocycles. The smallest absolute Gasteiger partial charge is 0.109 e. The van der Waals surface area contributed by atoms with E-state index in [2.05, 4.69) is 0 Å². The van der Waals surface area contributed by atoms with Gasteiger partial charge < -0.3 is 25.2 Å². The Balaban J connectivity index is 2.69. The molecule has 1 saturated carbocycles. The standard InChI is InChI=1S/C10H20O5/c1-15-7-4-2-3-6(5-11)8(12)10(14)9(7)13/h6-14H,2-5H2,1H3/t6-,7+,8+,9-,10-/m0/s1. The number of methoxy groups -OCH3 is 1. The van der Waals surface area contributed by atoms with Crippen LogP contribution in [-0.4, -0.2) is 58.6 Å². The Bertz CT molecular complexity index is 169. The summed E-state index contributed by atoms with van der Waals surface area (Å²) in [4.78, 5) is 0. The lowest BCUT2D eigenvalue weighted by Gasteiger charge is -2.34. The summed E-state index contributed by atoms with van der Waals surface area (Å²) >= 11 is 0. The summed E-state index contributed by atoms with van der Waals surface area (Å²) in [5.74, 6) is -0.368. The van der Waals surface area contributed by atoms with Gasteiger partial charge in [0.1, 0.15) is 12.2 Å². The topological polar surface area (TPSA) is 90.2 Å². The first-order valence-corrected chi connectivity index (χ1v) is 5.29. The van der Waals surface area contributed by atoms with Crippen molar-refractivity contribution in [1.82, 2.24) is 0 Å². The van der Waals surface area contributed by atoms with E-state index in [4.69, 9.17) is 9.84 Å². The maximum absolute atomic E-state index is 9.71. The van der Waals surface area contributed by atoms with Crippen LogP contribution in [0.5, 0.6) is 0 Å². The molecule has 0 spiro atoms. The van der Waals surface area contributed by atoms with E-state index in [1.54, 1.807) is 0 Å². The third-order valence-electron chi connectivity index (χ3n) is 3.16. The van der Waals surface area contributed by atoms with E-state index in [0.29, 0.717) is 12.8 Å². The zero-order valence-corrected chi connectivity index (χ0v) is 8.91. The number of aliphatic hydroxyl groups excluding tert-OH is 4. The maximum Gasteiger partial charge on any atom is 0.109 e. The summed E-state index contributed by atoms with van der Waals surface area (Å²) in [5, 5.41) is 38.1. The number of aliphatic hydroxyl groups is 4. The lowest BCUT2D eigenvalue weighted by atomic mass is 9.85. The van der Waals surface area contributed by atoms with E-state index >= 15 is 0 Å². The Kier molecular flexibility index (Phi) is 4.95. The lowest BCUT2D eigenvalue weighted by Crippen LogP contribution is -2.50. The van der Waals surface area contributed by atoms with Gasteiger partial charge >= 0.3 is 0 Å². The number of ether oxygens (including phenoxy) is 1. The summed E-state index contributed by atoms with van der Waals surface area (Å²) in [6.07, 6.45) is -1.90. The minimum absolute atomic E-state index is 0.178. The molecule has 1 fully saturated rings. The highest BCUT2D eigenvalue weighted by atomic mass is 16.5. The molecule has 90 valence electrons. The highest BCUT2D eigenvalue weighted by molar-refractivity contribution is 4.87. The Labute approximate surface area is 89.3 Å². The summed E-state index contributed by atoms with van der Waals surface area (Å²) in [7, 11) is 1.47. The van der Waals surface area contributed by atoms with Gasteiger partial charge in [-0.3, -0.25) is 0 Å². The van der Waals surface area contributed by atoms with Gasteiger partial charge in [-0.25, -0.2) is 0 Å². The van der Waals surface area contributed by atoms with Gasteiger partial charge in [-0.1, -0.05) is 6.42 Å². The van der Waals surface area contributed by atoms with Gasteiger partial charge in [-0.15, -0.1) is 0 Å². The van der Waals surface area contributed by atoms with Crippen molar-refractivity contribution < 1.29 is 25.2 Å². The van der Waals surface area contributed by atoms with Crippen LogP contribution in [0.15, 0.2) is 0 Å². The Morgan fingerprint density at radius 3 is 2.27 bits per heavy atom. The molecular weight excluding hydrogens is 200 g/mol. The third-order valence-corrected chi connectivity index (χ3v) is 3.16. The normalized spacial score (nSPS) is 43.4. The second kappa shape index (κ2) is 5.77. The van der Waals surface area contributed by atoms with Crippen LogP contribution in [0.3, 0.4) is 0 Å². The quantitative estimate of drug-likeness (QED) is 0.473. The van der Waals surface area contributed by atoms with Gasteiger partial charge in [-0.05, 0) is 12.8 Å². The number of hydrogen-bond donors (Lipinski definition) is 4. The molecular formula is C10H20O5. The van der Waals surface area contributed by atoms with Crippen LogP contribution in [0.2, 0.25) is 0 Å². The second-order valence-corrected chi connectivity index (χ2v) is 4.12. The molecule has 5 atom stereocenters. The predicted octanol–water partition coefficient (Wildman–Crippen LogP) is -1.12. The lowest BCUT2D eigenvalue weighted by molar-refractivity contribution is -0.141. The van der Waals surface area contributed by atoms with Crippen LogP contribution in [-0.2, 0) is 4.74 Å². The van der Waals surface area contributed by atoms with E-state index < -0.39 is 24.4 Å². The van der Waals surface area contributed by atoms with Crippen molar-refractivity contribution in [3.63, 3.8) is 0 Å². The van der Waals surface area contributed by atoms with Crippen molar-refractivity contribution >= 4 is 0 Å². The highest BCUT2D eigenvalue weighted by Gasteiger charge is 2.37. The molecule has 5 heteroatoms. The molecule has 1 rings (SSSR count). The summed E-state index contributed by atoms with van der Waals surface area (Å²) in [6.45, 7) is -0.178. The molecule has 1 aliphatic carbocycles. The number of hydrogen-bond acceptors (Lipinski definition) is 5. The van der Waals surface area contributed by atoms with Crippen molar-refractivity contribution in [3.8, 4) is 0 Å². The Morgan fingerprint density at radius 2 is 1.73 bits per heavy atom. The van der Waals surface area contributed by atoms with Crippen LogP contribution in [0, 0.1) is 5.92 Å².